The number of methoxy groups -OCH3 is 1. The molecule has 2 aromatic heterocycles. The van der Waals surface area contributed by atoms with Crippen LogP contribution in [0.2, 0.25) is 18.6 Å². The van der Waals surface area contributed by atoms with Crippen molar-refractivity contribution in [3.63, 3.8) is 0 Å². The quantitative estimate of drug-likeness (QED) is 0.193. The average Bonchev–Trinajstić information content (AvgIpc) is 3.78. The van der Waals surface area contributed by atoms with E-state index in [9.17, 15) is 19.5 Å². The lowest BCUT2D eigenvalue weighted by Crippen LogP contribution is -2.45. The van der Waals surface area contributed by atoms with E-state index in [0.717, 1.165) is 5.56 Å². The van der Waals surface area contributed by atoms with Gasteiger partial charge in [-0.1, -0.05) is 60.7 Å². The predicted octanol–water partition coefficient (Wildman–Crippen LogP) is 5.13. The Morgan fingerprint density at radius 2 is 1.70 bits per heavy atom. The molecule has 5 atom stereocenters. The van der Waals surface area contributed by atoms with E-state index in [1.165, 1.54) is 11.7 Å². The maximum Gasteiger partial charge on any atom is 0.297 e. The summed E-state index contributed by atoms with van der Waals surface area (Å²) >= 11 is 0. The average molecular weight is 692 g/mol. The van der Waals surface area contributed by atoms with Gasteiger partial charge in [-0.05, 0) is 67.5 Å². The molecule has 4 heterocycles. The number of pyridine rings is 1. The van der Waals surface area contributed by atoms with Crippen molar-refractivity contribution >= 4 is 25.6 Å². The first-order valence-corrected chi connectivity index (χ1v) is 19.9. The van der Waals surface area contributed by atoms with Gasteiger partial charge >= 0.3 is 0 Å². The molecule has 3 aromatic carbocycles. The molecule has 0 aliphatic carbocycles. The van der Waals surface area contributed by atoms with Gasteiger partial charge in [-0.3, -0.25) is 23.7 Å². The van der Waals surface area contributed by atoms with Crippen LogP contribution in [0, 0.1) is 5.92 Å². The number of para-hydroxylation sites is 1. The molecule has 2 aliphatic heterocycles. The first-order valence-electron chi connectivity index (χ1n) is 16.8. The van der Waals surface area contributed by atoms with Gasteiger partial charge in [0.1, 0.15) is 0 Å². The molecular formula is C38H41N5O6Si. The summed E-state index contributed by atoms with van der Waals surface area (Å²) in [6.07, 6.45) is 3.49. The molecule has 1 spiro atoms. The fraction of sp³-hybridized carbons (Fsp3) is 0.316. The van der Waals surface area contributed by atoms with Crippen LogP contribution >= 0.6 is 0 Å². The van der Waals surface area contributed by atoms with Crippen molar-refractivity contribution < 1.29 is 24.2 Å². The summed E-state index contributed by atoms with van der Waals surface area (Å²) in [5.41, 5.74) is 2.13. The summed E-state index contributed by atoms with van der Waals surface area (Å²) in [5, 5.41) is 18.9. The summed E-state index contributed by atoms with van der Waals surface area (Å²) in [6, 6.07) is 28.0. The van der Waals surface area contributed by atoms with E-state index in [1.54, 1.807) is 27.9 Å². The summed E-state index contributed by atoms with van der Waals surface area (Å²) < 4.78 is 15.6. The maximum absolute atomic E-state index is 14.9. The maximum atomic E-state index is 14.9. The minimum absolute atomic E-state index is 0.107. The van der Waals surface area contributed by atoms with Gasteiger partial charge in [-0.15, -0.1) is 5.10 Å². The Hall–Kier alpha value is -4.88. The van der Waals surface area contributed by atoms with Gasteiger partial charge in [0.25, 0.3) is 11.5 Å². The van der Waals surface area contributed by atoms with Crippen LogP contribution in [0.4, 0.5) is 11.4 Å². The number of anilines is 2. The van der Waals surface area contributed by atoms with Crippen LogP contribution < -0.4 is 15.2 Å². The molecule has 12 heteroatoms. The van der Waals surface area contributed by atoms with E-state index in [0.29, 0.717) is 41.3 Å². The number of fused-ring (bicyclic) bond motifs is 2. The van der Waals surface area contributed by atoms with Crippen LogP contribution in [-0.4, -0.2) is 63.5 Å². The Balaban J connectivity index is 1.28. The lowest BCUT2D eigenvalue weighted by Gasteiger charge is -2.32. The molecule has 50 heavy (non-hydrogen) atoms. The minimum atomic E-state index is -2.94. The van der Waals surface area contributed by atoms with Crippen molar-refractivity contribution in [3.8, 4) is 11.4 Å². The highest BCUT2D eigenvalue weighted by molar-refractivity contribution is 6.71. The monoisotopic (exact) mass is 691 g/mol. The first kappa shape index (κ1) is 33.6. The third-order valence-electron chi connectivity index (χ3n) is 10.2. The van der Waals surface area contributed by atoms with Crippen LogP contribution in [0.1, 0.15) is 36.1 Å². The number of nitrogens with zero attached hydrogens (tertiary/aromatic N) is 5. The predicted molar refractivity (Wildman–Crippen MR) is 191 cm³/mol. The van der Waals surface area contributed by atoms with E-state index in [2.05, 4.69) is 10.3 Å². The van der Waals surface area contributed by atoms with E-state index in [-0.39, 0.29) is 35.3 Å². The van der Waals surface area contributed by atoms with Crippen LogP contribution in [0.3, 0.4) is 0 Å². The van der Waals surface area contributed by atoms with Gasteiger partial charge in [0, 0.05) is 47.3 Å². The number of aryl methyl sites for hydroxylation is 1. The van der Waals surface area contributed by atoms with Gasteiger partial charge in [-0.2, -0.15) is 0 Å². The summed E-state index contributed by atoms with van der Waals surface area (Å²) in [5.74, 6) is -0.743. The highest BCUT2D eigenvalue weighted by atomic mass is 28.4. The lowest BCUT2D eigenvalue weighted by molar-refractivity contribution is -0.145. The molecule has 2 aliphatic rings. The number of aliphatic hydroxyl groups is 1. The molecule has 258 valence electrons. The number of amides is 1. The van der Waals surface area contributed by atoms with E-state index in [1.807, 2.05) is 105 Å². The zero-order chi connectivity index (χ0) is 35.2. The zero-order valence-corrected chi connectivity index (χ0v) is 29.5. The largest absolute Gasteiger partial charge is 0.491 e. The molecule has 1 amide bonds. The first-order chi connectivity index (χ1) is 24.1. The number of benzene rings is 3. The van der Waals surface area contributed by atoms with Gasteiger partial charge in [0.05, 0.1) is 37.1 Å². The van der Waals surface area contributed by atoms with Crippen molar-refractivity contribution in [1.29, 1.82) is 0 Å². The number of hydrogen-bond acceptors (Lipinski definition) is 8. The standard InChI is InChI=1S/C38H41N5O6Si/c1-25-35(50(3,4)47)33(19-21-41-23-31(39-40-41)29(24-44)26-12-7-5-8-13-26)49-38(25)30-22-28(42-20-11-16-34(48-2)36(42)45)17-18-32(30)43(37(38)46)27-14-9-6-10-15-27/h5-18,20,22-23,25,29,33,35,44,47H,19,21,24H2,1-4H3/t25-,29?,33+,35-,38+/m0/s1. The van der Waals surface area contributed by atoms with Gasteiger partial charge in [0.2, 0.25) is 0 Å². The van der Waals surface area contributed by atoms with E-state index in [4.69, 9.17) is 9.47 Å². The van der Waals surface area contributed by atoms with Crippen molar-refractivity contribution in [1.82, 2.24) is 19.6 Å². The van der Waals surface area contributed by atoms with E-state index < -0.39 is 25.9 Å². The third kappa shape index (κ3) is 5.58. The van der Waals surface area contributed by atoms with Crippen LogP contribution in [0.5, 0.6) is 5.75 Å². The number of carbonyl (C=O) groups is 1. The molecule has 7 rings (SSSR count). The Morgan fingerprint density at radius 3 is 2.38 bits per heavy atom. The van der Waals surface area contributed by atoms with Crippen molar-refractivity contribution in [3.05, 3.63) is 131 Å². The Kier molecular flexibility index (Phi) is 8.81. The van der Waals surface area contributed by atoms with Crippen LogP contribution in [-0.2, 0) is 21.7 Å². The number of carbonyl (C=O) groups excluding carboxylic acids is 1. The second-order valence-electron chi connectivity index (χ2n) is 13.6. The van der Waals surface area contributed by atoms with Gasteiger partial charge in [-0.25, -0.2) is 0 Å². The summed E-state index contributed by atoms with van der Waals surface area (Å²) in [4.78, 5) is 41.7. The number of hydrogen-bond donors (Lipinski definition) is 2. The van der Waals surface area contributed by atoms with E-state index >= 15 is 0 Å². The molecule has 0 bridgehead atoms. The molecule has 2 N–H and O–H groups in total. The Bertz CT molecular complexity index is 2060. The molecule has 1 unspecified atom stereocenters. The van der Waals surface area contributed by atoms with Gasteiger partial charge in [0.15, 0.2) is 19.7 Å². The summed E-state index contributed by atoms with van der Waals surface area (Å²) in [6.45, 7) is 6.10. The minimum Gasteiger partial charge on any atom is -0.491 e. The third-order valence-corrected chi connectivity index (χ3v) is 12.7. The van der Waals surface area contributed by atoms with Crippen LogP contribution in [0.25, 0.3) is 5.69 Å². The second-order valence-corrected chi connectivity index (χ2v) is 17.6. The molecule has 5 aromatic rings. The number of aromatic nitrogens is 4. The van der Waals surface area contributed by atoms with Crippen molar-refractivity contribution in [2.75, 3.05) is 18.6 Å². The number of ether oxygens (including phenoxy) is 2. The van der Waals surface area contributed by atoms with Crippen molar-refractivity contribution in [2.24, 2.45) is 5.92 Å². The molecule has 0 saturated carbocycles. The lowest BCUT2D eigenvalue weighted by atomic mass is 9.82. The fourth-order valence-corrected chi connectivity index (χ4v) is 10.6. The Labute approximate surface area is 291 Å². The number of aliphatic hydroxyl groups excluding tert-OH is 1. The van der Waals surface area contributed by atoms with Gasteiger partial charge < -0.3 is 19.4 Å². The fourth-order valence-electron chi connectivity index (χ4n) is 7.97. The highest BCUT2D eigenvalue weighted by Gasteiger charge is 2.66. The second kappa shape index (κ2) is 13.1. The molecule has 1 fully saturated rings. The zero-order valence-electron chi connectivity index (χ0n) is 28.5. The number of rotatable bonds is 10. The normalized spacial score (nSPS) is 22.2. The molecule has 0 radical (unpaired) electrons. The summed E-state index contributed by atoms with van der Waals surface area (Å²) in [7, 11) is -1.48. The SMILES string of the molecule is COc1cccn(-c2ccc3c(c2)[C@@]2(O[C@H](CCn4cc(C(CO)c5ccccc5)nn4)[C@@H]([Si](C)(C)O)[C@@H]2C)C(=O)N3c2ccccc2)c1=O. The molecular weight excluding hydrogens is 651 g/mol. The van der Waals surface area contributed by atoms with Crippen LogP contribution in [0.15, 0.2) is 108 Å². The smallest absolute Gasteiger partial charge is 0.297 e. The molecule has 11 nitrogen and oxygen atoms in total. The van der Waals surface area contributed by atoms with Crippen molar-refractivity contribution in [2.45, 2.75) is 56.1 Å². The molecule has 1 saturated heterocycles. The topological polar surface area (TPSA) is 132 Å². The Morgan fingerprint density at radius 1 is 0.980 bits per heavy atom. The highest BCUT2D eigenvalue weighted by Crippen LogP contribution is 2.61.